The second-order valence-corrected chi connectivity index (χ2v) is 7.27. The minimum Gasteiger partial charge on any atom is -0.381 e. The highest BCUT2D eigenvalue weighted by atomic mass is 16.5. The number of hydrogen-bond donors (Lipinski definition) is 2. The topological polar surface area (TPSA) is 96.0 Å². The van der Waals surface area contributed by atoms with Crippen LogP contribution in [0.5, 0.6) is 0 Å². The van der Waals surface area contributed by atoms with Crippen molar-refractivity contribution in [2.75, 3.05) is 36.5 Å². The summed E-state index contributed by atoms with van der Waals surface area (Å²) < 4.78 is 5.44. The maximum atomic E-state index is 12.6. The molecule has 5 rings (SSSR count). The van der Waals surface area contributed by atoms with Gasteiger partial charge in [-0.15, -0.1) is 0 Å². The van der Waals surface area contributed by atoms with E-state index in [1.165, 1.54) is 0 Å². The quantitative estimate of drug-likeness (QED) is 0.724. The molecule has 0 spiro atoms. The third-order valence-electron chi connectivity index (χ3n) is 5.55. The van der Waals surface area contributed by atoms with Crippen LogP contribution >= 0.6 is 0 Å². The number of carbonyl (C=O) groups excluding carboxylic acids is 1. The zero-order chi connectivity index (χ0) is 18.9. The van der Waals surface area contributed by atoms with Crippen molar-refractivity contribution in [2.45, 2.75) is 19.3 Å². The highest BCUT2D eigenvalue weighted by Crippen LogP contribution is 2.32. The summed E-state index contributed by atoms with van der Waals surface area (Å²) in [7, 11) is 0. The van der Waals surface area contributed by atoms with Gasteiger partial charge < -0.3 is 15.0 Å². The van der Waals surface area contributed by atoms with E-state index in [0.29, 0.717) is 24.1 Å². The Hall–Kier alpha value is -3.00. The minimum absolute atomic E-state index is 0.0339. The lowest BCUT2D eigenvalue weighted by Crippen LogP contribution is -2.42. The fourth-order valence-electron chi connectivity index (χ4n) is 3.94. The first-order valence-electron chi connectivity index (χ1n) is 9.71. The second-order valence-electron chi connectivity index (χ2n) is 7.27. The van der Waals surface area contributed by atoms with E-state index in [2.05, 4.69) is 20.3 Å². The molecule has 2 aliphatic rings. The van der Waals surface area contributed by atoms with Crippen molar-refractivity contribution in [1.82, 2.24) is 19.9 Å². The van der Waals surface area contributed by atoms with Gasteiger partial charge in [-0.3, -0.25) is 9.69 Å². The number of ether oxygens (including phenoxy) is 1. The lowest BCUT2D eigenvalue weighted by atomic mass is 9.96. The van der Waals surface area contributed by atoms with Crippen molar-refractivity contribution in [2.24, 2.45) is 5.92 Å². The molecule has 2 aliphatic heterocycles. The standard InChI is InChI=1S/C20H22N6O2/c27-17-12-24-19-20(26(17)7-3-13-4-8-28-9-5-13)25-16(11-23-19)15-10-22-18-14(15)2-1-6-21-18/h1-2,6,10-11,13H,3-5,7-9,12H2,(H,21,22)(H,23,24). The third kappa shape index (κ3) is 3.09. The first-order chi connectivity index (χ1) is 13.8. The fourth-order valence-corrected chi connectivity index (χ4v) is 3.94. The summed E-state index contributed by atoms with van der Waals surface area (Å²) in [5.74, 6) is 1.90. The Morgan fingerprint density at radius 3 is 3.04 bits per heavy atom. The molecular formula is C20H22N6O2. The highest BCUT2D eigenvalue weighted by molar-refractivity contribution is 6.01. The summed E-state index contributed by atoms with van der Waals surface area (Å²) in [6.45, 7) is 2.54. The Labute approximate surface area is 162 Å². The van der Waals surface area contributed by atoms with Gasteiger partial charge in [0.2, 0.25) is 5.91 Å². The van der Waals surface area contributed by atoms with Crippen LogP contribution < -0.4 is 10.2 Å². The molecule has 5 heterocycles. The van der Waals surface area contributed by atoms with Crippen LogP contribution in [0.3, 0.4) is 0 Å². The van der Waals surface area contributed by atoms with E-state index >= 15 is 0 Å². The maximum Gasteiger partial charge on any atom is 0.247 e. The summed E-state index contributed by atoms with van der Waals surface area (Å²) in [6.07, 6.45) is 8.45. The summed E-state index contributed by atoms with van der Waals surface area (Å²) in [5.41, 5.74) is 2.47. The van der Waals surface area contributed by atoms with Crippen LogP contribution in [0.4, 0.5) is 11.6 Å². The molecule has 0 atom stereocenters. The van der Waals surface area contributed by atoms with Gasteiger partial charge in [0.15, 0.2) is 11.6 Å². The van der Waals surface area contributed by atoms with E-state index in [9.17, 15) is 4.79 Å². The monoisotopic (exact) mass is 378 g/mol. The number of aromatic nitrogens is 4. The van der Waals surface area contributed by atoms with Gasteiger partial charge in [-0.2, -0.15) is 0 Å². The molecule has 28 heavy (non-hydrogen) atoms. The van der Waals surface area contributed by atoms with E-state index in [1.54, 1.807) is 17.3 Å². The van der Waals surface area contributed by atoms with Crippen molar-refractivity contribution in [3.05, 3.63) is 30.7 Å². The molecule has 0 unspecified atom stereocenters. The van der Waals surface area contributed by atoms with Crippen LogP contribution in [0, 0.1) is 5.92 Å². The number of aromatic amines is 1. The lowest BCUT2D eigenvalue weighted by Gasteiger charge is -2.30. The molecule has 2 N–H and O–H groups in total. The van der Waals surface area contributed by atoms with Gasteiger partial charge in [0.1, 0.15) is 5.65 Å². The van der Waals surface area contributed by atoms with Crippen molar-refractivity contribution < 1.29 is 9.53 Å². The van der Waals surface area contributed by atoms with E-state index < -0.39 is 0 Å². The Kier molecular flexibility index (Phi) is 4.40. The summed E-state index contributed by atoms with van der Waals surface area (Å²) in [4.78, 5) is 31.2. The fraction of sp³-hybridized carbons (Fsp3) is 0.400. The Morgan fingerprint density at radius 1 is 1.25 bits per heavy atom. The highest BCUT2D eigenvalue weighted by Gasteiger charge is 2.28. The molecule has 0 saturated carbocycles. The van der Waals surface area contributed by atoms with Crippen molar-refractivity contribution in [1.29, 1.82) is 0 Å². The SMILES string of the molecule is O=C1CNc2ncc(-c3c[nH]c4ncccc34)nc2N1CCC1CCOCC1. The normalized spacial score (nSPS) is 17.6. The van der Waals surface area contributed by atoms with Crippen LogP contribution in [-0.2, 0) is 9.53 Å². The molecular weight excluding hydrogens is 356 g/mol. The van der Waals surface area contributed by atoms with Gasteiger partial charge in [-0.1, -0.05) is 0 Å². The van der Waals surface area contributed by atoms with Gasteiger partial charge in [0, 0.05) is 43.1 Å². The van der Waals surface area contributed by atoms with Crippen LogP contribution in [-0.4, -0.2) is 52.1 Å². The third-order valence-corrected chi connectivity index (χ3v) is 5.55. The van der Waals surface area contributed by atoms with E-state index in [1.807, 2.05) is 18.3 Å². The average molecular weight is 378 g/mol. The number of fused-ring (bicyclic) bond motifs is 2. The molecule has 0 radical (unpaired) electrons. The molecule has 8 heteroatoms. The predicted octanol–water partition coefficient (Wildman–Crippen LogP) is 2.60. The number of amides is 1. The first kappa shape index (κ1) is 17.1. The molecule has 8 nitrogen and oxygen atoms in total. The maximum absolute atomic E-state index is 12.6. The largest absolute Gasteiger partial charge is 0.381 e. The number of nitrogens with zero attached hydrogens (tertiary/aromatic N) is 4. The summed E-state index contributed by atoms with van der Waals surface area (Å²) in [5, 5.41) is 4.07. The zero-order valence-electron chi connectivity index (χ0n) is 15.5. The smallest absolute Gasteiger partial charge is 0.247 e. The number of H-pyrrole nitrogens is 1. The van der Waals surface area contributed by atoms with Gasteiger partial charge in [0.05, 0.1) is 18.4 Å². The number of pyridine rings is 1. The number of carbonyl (C=O) groups is 1. The van der Waals surface area contributed by atoms with E-state index in [-0.39, 0.29) is 12.5 Å². The zero-order valence-corrected chi connectivity index (χ0v) is 15.5. The number of nitrogens with one attached hydrogen (secondary N) is 2. The van der Waals surface area contributed by atoms with E-state index in [4.69, 9.17) is 9.72 Å². The Bertz CT molecular complexity index is 1010. The van der Waals surface area contributed by atoms with E-state index in [0.717, 1.165) is 54.8 Å². The second kappa shape index (κ2) is 7.20. The average Bonchev–Trinajstić information content (AvgIpc) is 3.17. The Morgan fingerprint density at radius 2 is 2.14 bits per heavy atom. The van der Waals surface area contributed by atoms with Gasteiger partial charge in [0.25, 0.3) is 0 Å². The van der Waals surface area contributed by atoms with Crippen molar-refractivity contribution >= 4 is 28.6 Å². The van der Waals surface area contributed by atoms with Crippen LogP contribution in [0.1, 0.15) is 19.3 Å². The molecule has 1 saturated heterocycles. The Balaban J connectivity index is 1.46. The van der Waals surface area contributed by atoms with Crippen LogP contribution in [0.25, 0.3) is 22.3 Å². The number of hydrogen-bond acceptors (Lipinski definition) is 6. The minimum atomic E-state index is 0.0339. The molecule has 3 aromatic rings. The first-order valence-corrected chi connectivity index (χ1v) is 9.71. The molecule has 0 aromatic carbocycles. The van der Waals surface area contributed by atoms with Crippen LogP contribution in [0.2, 0.25) is 0 Å². The number of anilines is 2. The molecule has 144 valence electrons. The molecule has 0 aliphatic carbocycles. The molecule has 3 aromatic heterocycles. The molecule has 1 fully saturated rings. The van der Waals surface area contributed by atoms with Gasteiger partial charge in [-0.05, 0) is 37.3 Å². The molecule has 0 bridgehead atoms. The van der Waals surface area contributed by atoms with Gasteiger partial charge >= 0.3 is 0 Å². The molecule has 1 amide bonds. The van der Waals surface area contributed by atoms with Gasteiger partial charge in [-0.25, -0.2) is 15.0 Å². The summed E-state index contributed by atoms with van der Waals surface area (Å²) >= 11 is 0. The summed E-state index contributed by atoms with van der Waals surface area (Å²) in [6, 6.07) is 3.90. The lowest BCUT2D eigenvalue weighted by molar-refractivity contribution is -0.117. The number of rotatable bonds is 4. The van der Waals surface area contributed by atoms with Crippen LogP contribution in [0.15, 0.2) is 30.7 Å². The van der Waals surface area contributed by atoms with Crippen molar-refractivity contribution in [3.8, 4) is 11.3 Å². The van der Waals surface area contributed by atoms with Crippen molar-refractivity contribution in [3.63, 3.8) is 0 Å². The predicted molar refractivity (Wildman–Crippen MR) is 106 cm³/mol.